The van der Waals surface area contributed by atoms with Gasteiger partial charge in [0.15, 0.2) is 0 Å². The van der Waals surface area contributed by atoms with E-state index in [9.17, 15) is 4.79 Å². The second-order valence-corrected chi connectivity index (χ2v) is 4.42. The number of aliphatic hydroxyl groups is 1. The van der Waals surface area contributed by atoms with Crippen LogP contribution < -0.4 is 0 Å². The highest BCUT2D eigenvalue weighted by Gasteiger charge is 2.08. The van der Waals surface area contributed by atoms with Crippen LogP contribution in [-0.2, 0) is 11.3 Å². The summed E-state index contributed by atoms with van der Waals surface area (Å²) in [5, 5.41) is 9.00. The lowest BCUT2D eigenvalue weighted by molar-refractivity contribution is 0.0573. The van der Waals surface area contributed by atoms with E-state index in [0.29, 0.717) is 11.8 Å². The summed E-state index contributed by atoms with van der Waals surface area (Å²) in [6.07, 6.45) is 0.499. The molecule has 0 heterocycles. The van der Waals surface area contributed by atoms with Gasteiger partial charge in [-0.2, -0.15) is 0 Å². The highest BCUT2D eigenvalue weighted by molar-refractivity contribution is 14.1. The monoisotopic (exact) mass is 322 g/mol. The second kappa shape index (κ2) is 5.47. The van der Waals surface area contributed by atoms with Gasteiger partial charge in [-0.1, -0.05) is 0 Å². The first-order valence-corrected chi connectivity index (χ1v) is 6.74. The molecule has 0 amide bonds. The number of benzene rings is 1. The molecule has 14 heavy (non-hydrogen) atoms. The molecular weight excluding hydrogens is 311 g/mol. The van der Waals surface area contributed by atoms with Crippen molar-refractivity contribution in [1.82, 2.24) is 0 Å². The molecule has 0 aliphatic heterocycles. The number of hydrogen-bond donors (Lipinski definition) is 1. The Kier molecular flexibility index (Phi) is 4.56. The van der Waals surface area contributed by atoms with Crippen molar-refractivity contribution in [1.29, 1.82) is 0 Å². The number of carbonyl (C=O) groups excluding carboxylic acids is 1. The van der Waals surface area contributed by atoms with Crippen LogP contribution >= 0.6 is 22.6 Å². The smallest absolute Gasteiger partial charge is 0.337 e. The minimum Gasteiger partial charge on any atom is -0.467 e. The van der Waals surface area contributed by atoms with Crippen LogP contribution in [-0.4, -0.2) is 27.5 Å². The van der Waals surface area contributed by atoms with Crippen molar-refractivity contribution in [3.63, 3.8) is 0 Å². The van der Waals surface area contributed by atoms with E-state index in [-0.39, 0.29) is 12.6 Å². The molecule has 0 radical (unpaired) electrons. The average molecular weight is 322 g/mol. The van der Waals surface area contributed by atoms with E-state index in [4.69, 9.17) is 9.84 Å². The van der Waals surface area contributed by atoms with E-state index >= 15 is 0 Å². The van der Waals surface area contributed by atoms with Crippen molar-refractivity contribution in [3.8, 4) is 0 Å². The van der Waals surface area contributed by atoms with E-state index < -0.39 is 0 Å². The van der Waals surface area contributed by atoms with Crippen molar-refractivity contribution < 1.29 is 14.6 Å². The molecule has 0 atom stereocenters. The van der Waals surface area contributed by atoms with E-state index in [2.05, 4.69) is 22.6 Å². The molecule has 1 N–H and O–H groups in total. The Hall–Kier alpha value is -0.403. The van der Waals surface area contributed by atoms with E-state index in [0.717, 1.165) is 19.4 Å². The molecule has 0 fully saturated rings. The van der Waals surface area contributed by atoms with E-state index in [1.165, 1.54) is 0 Å². The fourth-order valence-corrected chi connectivity index (χ4v) is 1.81. The molecule has 1 rings (SSSR count). The standard InChI is InChI=1S/C9H11IO3Si/c10-8-2-1-6(3-7(8)4-11)9(12)13-5-14/h1-3,11H,4-5H2,14H3. The molecular formula is C9H11IO3Si. The molecule has 0 aliphatic carbocycles. The van der Waals surface area contributed by atoms with Gasteiger partial charge in [0.2, 0.25) is 0 Å². The van der Waals surface area contributed by atoms with Crippen molar-refractivity contribution in [2.45, 2.75) is 6.61 Å². The third-order valence-electron chi connectivity index (χ3n) is 1.73. The van der Waals surface area contributed by atoms with Crippen molar-refractivity contribution in [2.24, 2.45) is 0 Å². The molecule has 5 heteroatoms. The summed E-state index contributed by atoms with van der Waals surface area (Å²) >= 11 is 2.12. The van der Waals surface area contributed by atoms with Gasteiger partial charge in [-0.15, -0.1) is 0 Å². The van der Waals surface area contributed by atoms with Crippen LogP contribution in [0.3, 0.4) is 0 Å². The Bertz CT molecular complexity index is 341. The van der Waals surface area contributed by atoms with E-state index in [1.54, 1.807) is 18.2 Å². The van der Waals surface area contributed by atoms with Crippen LogP contribution in [0, 0.1) is 3.57 Å². The van der Waals surface area contributed by atoms with Crippen LogP contribution in [0.2, 0.25) is 0 Å². The lowest BCUT2D eigenvalue weighted by atomic mass is 10.1. The first-order valence-electron chi connectivity index (χ1n) is 4.25. The van der Waals surface area contributed by atoms with Gasteiger partial charge in [-0.3, -0.25) is 0 Å². The SMILES string of the molecule is O=C(OC[SiH3])c1ccc(I)c(CO)c1. The highest BCUT2D eigenvalue weighted by Crippen LogP contribution is 2.15. The Morgan fingerprint density at radius 3 is 2.86 bits per heavy atom. The summed E-state index contributed by atoms with van der Waals surface area (Å²) < 4.78 is 5.86. The molecule has 0 spiro atoms. The summed E-state index contributed by atoms with van der Waals surface area (Å²) in [4.78, 5) is 11.3. The summed E-state index contributed by atoms with van der Waals surface area (Å²) in [5.74, 6) is -0.314. The second-order valence-electron chi connectivity index (χ2n) is 2.68. The zero-order valence-corrected chi connectivity index (χ0v) is 11.9. The molecule has 1 aromatic carbocycles. The number of carbonyl (C=O) groups is 1. The molecule has 0 saturated heterocycles. The van der Waals surface area contributed by atoms with Crippen molar-refractivity contribution in [3.05, 3.63) is 32.9 Å². The molecule has 1 aromatic rings. The van der Waals surface area contributed by atoms with Crippen molar-refractivity contribution >= 4 is 38.8 Å². The quantitative estimate of drug-likeness (QED) is 0.493. The third-order valence-corrected chi connectivity index (χ3v) is 3.07. The lowest BCUT2D eigenvalue weighted by Gasteiger charge is -2.05. The largest absolute Gasteiger partial charge is 0.467 e. The highest BCUT2D eigenvalue weighted by atomic mass is 127. The predicted molar refractivity (Wildman–Crippen MR) is 65.3 cm³/mol. The fraction of sp³-hybridized carbons (Fsp3) is 0.222. The number of aliphatic hydroxyl groups excluding tert-OH is 1. The van der Waals surface area contributed by atoms with Gasteiger partial charge in [-0.25, -0.2) is 4.79 Å². The normalized spacial score (nSPS) is 10.1. The number of ether oxygens (including phenoxy) is 1. The molecule has 3 nitrogen and oxygen atoms in total. The summed E-state index contributed by atoms with van der Waals surface area (Å²) in [6.45, 7) is -0.0553. The van der Waals surface area contributed by atoms with Gasteiger partial charge >= 0.3 is 5.97 Å². The Balaban J connectivity index is 2.94. The Morgan fingerprint density at radius 2 is 2.29 bits per heavy atom. The van der Waals surface area contributed by atoms with Gasteiger partial charge in [0.1, 0.15) is 0 Å². The minimum absolute atomic E-state index is 0.0553. The van der Waals surface area contributed by atoms with Gasteiger partial charge < -0.3 is 9.84 Å². The fourth-order valence-electron chi connectivity index (χ4n) is 1.04. The van der Waals surface area contributed by atoms with Crippen LogP contribution in [0.4, 0.5) is 0 Å². The summed E-state index contributed by atoms with van der Waals surface area (Å²) in [5.41, 5.74) is 1.26. The van der Waals surface area contributed by atoms with Crippen molar-refractivity contribution in [2.75, 3.05) is 6.23 Å². The number of halogens is 1. The van der Waals surface area contributed by atoms with Gasteiger partial charge in [0.05, 0.1) is 28.6 Å². The third kappa shape index (κ3) is 2.79. The zero-order chi connectivity index (χ0) is 10.6. The van der Waals surface area contributed by atoms with Crippen LogP contribution in [0.15, 0.2) is 18.2 Å². The van der Waals surface area contributed by atoms with Crippen LogP contribution in [0.1, 0.15) is 15.9 Å². The Labute approximate surface area is 99.0 Å². The summed E-state index contributed by atoms with van der Waals surface area (Å²) in [6, 6.07) is 5.18. The molecule has 0 saturated carbocycles. The zero-order valence-electron chi connectivity index (χ0n) is 7.79. The van der Waals surface area contributed by atoms with Gasteiger partial charge in [0.25, 0.3) is 0 Å². The summed E-state index contributed by atoms with van der Waals surface area (Å²) in [7, 11) is 0.842. The lowest BCUT2D eigenvalue weighted by Crippen LogP contribution is -2.07. The number of esters is 1. The Morgan fingerprint density at radius 1 is 1.57 bits per heavy atom. The first kappa shape index (κ1) is 11.7. The maximum Gasteiger partial charge on any atom is 0.337 e. The number of rotatable bonds is 3. The first-order chi connectivity index (χ1) is 6.69. The minimum atomic E-state index is -0.314. The topological polar surface area (TPSA) is 46.5 Å². The molecule has 0 aromatic heterocycles. The molecule has 0 bridgehead atoms. The molecule has 0 unspecified atom stereocenters. The van der Waals surface area contributed by atoms with Gasteiger partial charge in [0, 0.05) is 3.57 Å². The number of hydrogen-bond acceptors (Lipinski definition) is 3. The maximum atomic E-state index is 11.3. The van der Waals surface area contributed by atoms with Crippen LogP contribution in [0.25, 0.3) is 0 Å². The van der Waals surface area contributed by atoms with Crippen LogP contribution in [0.5, 0.6) is 0 Å². The molecule has 0 aliphatic rings. The predicted octanol–water partition coefficient (Wildman–Crippen LogP) is 0.263. The average Bonchev–Trinajstić information content (AvgIpc) is 2.19. The molecule has 76 valence electrons. The maximum absolute atomic E-state index is 11.3. The van der Waals surface area contributed by atoms with E-state index in [1.807, 2.05) is 0 Å². The van der Waals surface area contributed by atoms with Gasteiger partial charge in [-0.05, 0) is 46.4 Å².